The smallest absolute Gasteiger partial charge is 0.196 e. The number of benzene rings is 2. The summed E-state index contributed by atoms with van der Waals surface area (Å²) in [5.41, 5.74) is 3.41. The Morgan fingerprint density at radius 3 is 2.38 bits per heavy atom. The van der Waals surface area contributed by atoms with Crippen molar-refractivity contribution in [3.05, 3.63) is 53.6 Å². The lowest BCUT2D eigenvalue weighted by Crippen LogP contribution is -2.44. The molecule has 2 N–H and O–H groups in total. The second kappa shape index (κ2) is 11.7. The standard InChI is InChI=1S/C25H36N4O3/c1-6-26-25(28-22-11-12-23(30-4)24(13-22)31-5)27-14-20-9-7-8-10-21(20)17-29-15-18(2)32-19(3)16-29/h7-13,18-19H,6,14-17H2,1-5H3,(H2,26,27,28). The van der Waals surface area contributed by atoms with Gasteiger partial charge in [0.2, 0.25) is 0 Å². The van der Waals surface area contributed by atoms with E-state index in [0.717, 1.165) is 37.8 Å². The molecule has 32 heavy (non-hydrogen) atoms. The Bertz CT molecular complexity index is 893. The fourth-order valence-electron chi connectivity index (χ4n) is 4.04. The van der Waals surface area contributed by atoms with Crippen molar-refractivity contribution < 1.29 is 14.2 Å². The highest BCUT2D eigenvalue weighted by atomic mass is 16.5. The Morgan fingerprint density at radius 2 is 1.72 bits per heavy atom. The van der Waals surface area contributed by atoms with Crippen LogP contribution in [0.5, 0.6) is 11.5 Å². The fourth-order valence-corrected chi connectivity index (χ4v) is 4.04. The van der Waals surface area contributed by atoms with Crippen LogP contribution in [0.1, 0.15) is 31.9 Å². The van der Waals surface area contributed by atoms with Crippen LogP contribution >= 0.6 is 0 Å². The molecule has 2 atom stereocenters. The fraction of sp³-hybridized carbons (Fsp3) is 0.480. The van der Waals surface area contributed by atoms with Crippen molar-refractivity contribution in [2.24, 2.45) is 4.99 Å². The number of ether oxygens (including phenoxy) is 3. The Hall–Kier alpha value is -2.77. The third kappa shape index (κ3) is 6.61. The van der Waals surface area contributed by atoms with Gasteiger partial charge in [0.15, 0.2) is 17.5 Å². The first-order valence-electron chi connectivity index (χ1n) is 11.2. The Kier molecular flexibility index (Phi) is 8.76. The first-order valence-corrected chi connectivity index (χ1v) is 11.2. The molecule has 2 unspecified atom stereocenters. The maximum absolute atomic E-state index is 5.88. The number of hydrogen-bond acceptors (Lipinski definition) is 5. The first kappa shape index (κ1) is 23.9. The van der Waals surface area contributed by atoms with Gasteiger partial charge in [0.25, 0.3) is 0 Å². The van der Waals surface area contributed by atoms with Crippen LogP contribution in [0.3, 0.4) is 0 Å². The van der Waals surface area contributed by atoms with E-state index < -0.39 is 0 Å². The zero-order valence-corrected chi connectivity index (χ0v) is 19.9. The third-order valence-electron chi connectivity index (χ3n) is 5.41. The van der Waals surface area contributed by atoms with E-state index in [1.54, 1.807) is 14.2 Å². The predicted molar refractivity (Wildman–Crippen MR) is 130 cm³/mol. The summed E-state index contributed by atoms with van der Waals surface area (Å²) in [6, 6.07) is 14.3. The van der Waals surface area contributed by atoms with E-state index in [2.05, 4.69) is 60.6 Å². The molecule has 1 heterocycles. The Balaban J connectivity index is 1.73. The largest absolute Gasteiger partial charge is 0.493 e. The Morgan fingerprint density at radius 1 is 1.03 bits per heavy atom. The van der Waals surface area contributed by atoms with Crippen molar-refractivity contribution in [2.75, 3.05) is 39.2 Å². The normalized spacial score (nSPS) is 19.5. The molecule has 2 aromatic carbocycles. The van der Waals surface area contributed by atoms with Gasteiger partial charge < -0.3 is 24.8 Å². The molecule has 1 aliphatic rings. The van der Waals surface area contributed by atoms with Gasteiger partial charge in [0.1, 0.15) is 0 Å². The molecule has 1 saturated heterocycles. The van der Waals surface area contributed by atoms with Gasteiger partial charge in [-0.2, -0.15) is 0 Å². The first-order chi connectivity index (χ1) is 15.5. The summed E-state index contributed by atoms with van der Waals surface area (Å²) in [5.74, 6) is 2.09. The van der Waals surface area contributed by atoms with Gasteiger partial charge in [-0.15, -0.1) is 0 Å². The van der Waals surface area contributed by atoms with Crippen molar-refractivity contribution in [1.29, 1.82) is 0 Å². The molecule has 0 amide bonds. The zero-order chi connectivity index (χ0) is 22.9. The summed E-state index contributed by atoms with van der Waals surface area (Å²) >= 11 is 0. The number of hydrogen-bond donors (Lipinski definition) is 2. The maximum atomic E-state index is 5.88. The number of nitrogens with one attached hydrogen (secondary N) is 2. The second-order valence-electron chi connectivity index (χ2n) is 8.11. The van der Waals surface area contributed by atoms with E-state index in [4.69, 9.17) is 19.2 Å². The molecule has 174 valence electrons. The molecule has 0 spiro atoms. The average Bonchev–Trinajstić information content (AvgIpc) is 2.77. The highest BCUT2D eigenvalue weighted by Gasteiger charge is 2.22. The monoisotopic (exact) mass is 440 g/mol. The van der Waals surface area contributed by atoms with Gasteiger partial charge in [-0.1, -0.05) is 24.3 Å². The number of morpholine rings is 1. The highest BCUT2D eigenvalue weighted by Crippen LogP contribution is 2.29. The van der Waals surface area contributed by atoms with E-state index >= 15 is 0 Å². The summed E-state index contributed by atoms with van der Waals surface area (Å²) in [7, 11) is 3.26. The van der Waals surface area contributed by atoms with Gasteiger partial charge in [-0.05, 0) is 44.0 Å². The minimum atomic E-state index is 0.259. The van der Waals surface area contributed by atoms with Crippen LogP contribution in [-0.2, 0) is 17.8 Å². The quantitative estimate of drug-likeness (QED) is 0.480. The molecule has 2 aromatic rings. The lowest BCUT2D eigenvalue weighted by molar-refractivity contribution is -0.0705. The van der Waals surface area contributed by atoms with E-state index in [1.165, 1.54) is 11.1 Å². The minimum Gasteiger partial charge on any atom is -0.493 e. The summed E-state index contributed by atoms with van der Waals surface area (Å²) in [6.07, 6.45) is 0.518. The van der Waals surface area contributed by atoms with Crippen molar-refractivity contribution in [3.8, 4) is 11.5 Å². The molecule has 0 radical (unpaired) electrons. The van der Waals surface area contributed by atoms with E-state index in [9.17, 15) is 0 Å². The number of aliphatic imine (C=N–C) groups is 1. The molecule has 0 saturated carbocycles. The Labute approximate surface area is 191 Å². The van der Waals surface area contributed by atoms with Crippen LogP contribution < -0.4 is 20.1 Å². The number of methoxy groups -OCH3 is 2. The van der Waals surface area contributed by atoms with Crippen LogP contribution in [0, 0.1) is 0 Å². The molecule has 0 bridgehead atoms. The van der Waals surface area contributed by atoms with Crippen LogP contribution in [0.2, 0.25) is 0 Å². The van der Waals surface area contributed by atoms with Crippen molar-refractivity contribution in [3.63, 3.8) is 0 Å². The minimum absolute atomic E-state index is 0.259. The molecule has 0 aliphatic carbocycles. The molecule has 1 fully saturated rings. The number of rotatable bonds is 8. The van der Waals surface area contributed by atoms with E-state index in [-0.39, 0.29) is 12.2 Å². The van der Waals surface area contributed by atoms with Gasteiger partial charge in [-0.25, -0.2) is 4.99 Å². The summed E-state index contributed by atoms with van der Waals surface area (Å²) in [6.45, 7) is 10.5. The number of anilines is 1. The third-order valence-corrected chi connectivity index (χ3v) is 5.41. The average molecular weight is 441 g/mol. The lowest BCUT2D eigenvalue weighted by Gasteiger charge is -2.35. The van der Waals surface area contributed by atoms with Crippen molar-refractivity contribution >= 4 is 11.6 Å². The lowest BCUT2D eigenvalue weighted by atomic mass is 10.1. The predicted octanol–water partition coefficient (Wildman–Crippen LogP) is 3.89. The van der Waals surface area contributed by atoms with Gasteiger partial charge in [0.05, 0.1) is 33.0 Å². The summed E-state index contributed by atoms with van der Waals surface area (Å²) < 4.78 is 16.6. The molecular weight excluding hydrogens is 404 g/mol. The highest BCUT2D eigenvalue weighted by molar-refractivity contribution is 5.93. The van der Waals surface area contributed by atoms with Crippen LogP contribution in [-0.4, -0.2) is 56.9 Å². The molecule has 0 aromatic heterocycles. The van der Waals surface area contributed by atoms with E-state index in [0.29, 0.717) is 18.0 Å². The van der Waals surface area contributed by atoms with Crippen LogP contribution in [0.4, 0.5) is 5.69 Å². The number of nitrogens with zero attached hydrogens (tertiary/aromatic N) is 2. The van der Waals surface area contributed by atoms with Gasteiger partial charge in [0, 0.05) is 37.9 Å². The molecular formula is C25H36N4O3. The second-order valence-corrected chi connectivity index (χ2v) is 8.11. The van der Waals surface area contributed by atoms with E-state index in [1.807, 2.05) is 18.2 Å². The molecule has 7 nitrogen and oxygen atoms in total. The van der Waals surface area contributed by atoms with Crippen molar-refractivity contribution in [1.82, 2.24) is 10.2 Å². The number of guanidine groups is 1. The topological polar surface area (TPSA) is 67.4 Å². The summed E-state index contributed by atoms with van der Waals surface area (Å²) in [4.78, 5) is 7.31. The van der Waals surface area contributed by atoms with Crippen LogP contribution in [0.15, 0.2) is 47.5 Å². The molecule has 3 rings (SSSR count). The van der Waals surface area contributed by atoms with Crippen LogP contribution in [0.25, 0.3) is 0 Å². The maximum Gasteiger partial charge on any atom is 0.196 e. The van der Waals surface area contributed by atoms with Gasteiger partial charge in [-0.3, -0.25) is 4.90 Å². The SMILES string of the molecule is CCNC(=NCc1ccccc1CN1CC(C)OC(C)C1)Nc1ccc(OC)c(OC)c1. The van der Waals surface area contributed by atoms with Gasteiger partial charge >= 0.3 is 0 Å². The summed E-state index contributed by atoms with van der Waals surface area (Å²) in [5, 5.41) is 6.68. The molecule has 7 heteroatoms. The molecule has 1 aliphatic heterocycles. The van der Waals surface area contributed by atoms with Crippen molar-refractivity contribution in [2.45, 2.75) is 46.1 Å². The zero-order valence-electron chi connectivity index (χ0n) is 19.9.